The fraction of sp³-hybridized carbons (Fsp3) is 0.471. The first-order valence-electron chi connectivity index (χ1n) is 7.48. The fourth-order valence-corrected chi connectivity index (χ4v) is 3.09. The molecule has 1 aromatic heterocycles. The van der Waals surface area contributed by atoms with Gasteiger partial charge < -0.3 is 18.6 Å². The number of rotatable bonds is 3. The predicted molar refractivity (Wildman–Crippen MR) is 83.4 cm³/mol. The maximum Gasteiger partial charge on any atom is 0.205 e. The molecule has 0 saturated carbocycles. The normalized spacial score (nSPS) is 14.3. The highest BCUT2D eigenvalue weighted by Gasteiger charge is 2.24. The highest BCUT2D eigenvalue weighted by molar-refractivity contribution is 5.91. The molecule has 0 fully saturated rings. The quantitative estimate of drug-likeness (QED) is 0.816. The molecular weight excluding hydrogens is 284 g/mol. The molecule has 0 saturated heterocycles. The monoisotopic (exact) mass is 304 g/mol. The Balaban J connectivity index is 2.43. The van der Waals surface area contributed by atoms with Crippen molar-refractivity contribution >= 4 is 11.0 Å². The molecule has 5 heteroatoms. The van der Waals surface area contributed by atoms with Gasteiger partial charge in [-0.2, -0.15) is 0 Å². The van der Waals surface area contributed by atoms with Crippen LogP contribution in [0.25, 0.3) is 11.0 Å². The Morgan fingerprint density at radius 3 is 2.36 bits per heavy atom. The maximum atomic E-state index is 12.9. The van der Waals surface area contributed by atoms with Crippen LogP contribution in [0.15, 0.2) is 15.3 Å². The molecule has 118 valence electrons. The second-order valence-corrected chi connectivity index (χ2v) is 5.41. The molecule has 1 aromatic carbocycles. The van der Waals surface area contributed by atoms with Crippen molar-refractivity contribution in [2.75, 3.05) is 21.3 Å². The molecule has 3 rings (SSSR count). The first kappa shape index (κ1) is 14.8. The standard InChI is InChI=1S/C17H20O5/c1-19-12-9-13(20-2)16(21-3)17-14(12)15(18)10-7-5-4-6-8-11(10)22-17/h9H,4-8H2,1-3H3. The van der Waals surface area contributed by atoms with Gasteiger partial charge in [0, 0.05) is 18.1 Å². The average molecular weight is 304 g/mol. The van der Waals surface area contributed by atoms with Gasteiger partial charge in [0.15, 0.2) is 16.8 Å². The van der Waals surface area contributed by atoms with Crippen LogP contribution in [0.3, 0.4) is 0 Å². The SMILES string of the molecule is COc1cc(OC)c2c(=O)c3c(oc2c1OC)CCCCC3. The van der Waals surface area contributed by atoms with Gasteiger partial charge in [0.25, 0.3) is 0 Å². The first-order chi connectivity index (χ1) is 10.7. The maximum absolute atomic E-state index is 12.9. The van der Waals surface area contributed by atoms with Gasteiger partial charge in [-0.15, -0.1) is 0 Å². The molecule has 5 nitrogen and oxygen atoms in total. The number of hydrogen-bond acceptors (Lipinski definition) is 5. The van der Waals surface area contributed by atoms with E-state index in [4.69, 9.17) is 18.6 Å². The van der Waals surface area contributed by atoms with E-state index in [1.165, 1.54) is 14.2 Å². The molecule has 1 aliphatic carbocycles. The Morgan fingerprint density at radius 1 is 0.955 bits per heavy atom. The van der Waals surface area contributed by atoms with Crippen molar-refractivity contribution in [1.82, 2.24) is 0 Å². The predicted octanol–water partition coefficient (Wildman–Crippen LogP) is 3.09. The second kappa shape index (κ2) is 5.91. The Labute approximate surface area is 128 Å². The molecule has 2 aromatic rings. The molecule has 0 bridgehead atoms. The molecule has 0 amide bonds. The lowest BCUT2D eigenvalue weighted by Gasteiger charge is -2.15. The molecule has 0 unspecified atom stereocenters. The van der Waals surface area contributed by atoms with Crippen molar-refractivity contribution in [2.45, 2.75) is 32.1 Å². The molecule has 0 aliphatic heterocycles. The molecule has 0 N–H and O–H groups in total. The van der Waals surface area contributed by atoms with Crippen molar-refractivity contribution < 1.29 is 18.6 Å². The van der Waals surface area contributed by atoms with Crippen LogP contribution in [-0.2, 0) is 12.8 Å². The van der Waals surface area contributed by atoms with Crippen LogP contribution in [0, 0.1) is 0 Å². The highest BCUT2D eigenvalue weighted by atomic mass is 16.5. The van der Waals surface area contributed by atoms with E-state index in [1.807, 2.05) is 0 Å². The van der Waals surface area contributed by atoms with Crippen molar-refractivity contribution in [3.63, 3.8) is 0 Å². The molecule has 22 heavy (non-hydrogen) atoms. The van der Waals surface area contributed by atoms with Crippen LogP contribution in [0.2, 0.25) is 0 Å². The van der Waals surface area contributed by atoms with Crippen LogP contribution in [-0.4, -0.2) is 21.3 Å². The van der Waals surface area contributed by atoms with E-state index in [2.05, 4.69) is 0 Å². The van der Waals surface area contributed by atoms with Gasteiger partial charge in [-0.1, -0.05) is 6.42 Å². The molecular formula is C17H20O5. The number of methoxy groups -OCH3 is 3. The third kappa shape index (κ3) is 2.21. The summed E-state index contributed by atoms with van der Waals surface area (Å²) in [6.45, 7) is 0. The van der Waals surface area contributed by atoms with Crippen LogP contribution >= 0.6 is 0 Å². The summed E-state index contributed by atoms with van der Waals surface area (Å²) in [7, 11) is 4.62. The van der Waals surface area contributed by atoms with Crippen LogP contribution < -0.4 is 19.6 Å². The van der Waals surface area contributed by atoms with Gasteiger partial charge in [0.05, 0.1) is 21.3 Å². The van der Waals surface area contributed by atoms with Gasteiger partial charge >= 0.3 is 0 Å². The fourth-order valence-electron chi connectivity index (χ4n) is 3.09. The Bertz CT molecular complexity index is 760. The number of fused-ring (bicyclic) bond motifs is 2. The topological polar surface area (TPSA) is 57.9 Å². The Kier molecular flexibility index (Phi) is 3.96. The van der Waals surface area contributed by atoms with Gasteiger partial charge in [0.2, 0.25) is 5.75 Å². The summed E-state index contributed by atoms with van der Waals surface area (Å²) >= 11 is 0. The van der Waals surface area contributed by atoms with Gasteiger partial charge in [-0.3, -0.25) is 4.79 Å². The van der Waals surface area contributed by atoms with Crippen LogP contribution in [0.5, 0.6) is 17.2 Å². The zero-order valence-corrected chi connectivity index (χ0v) is 13.2. The lowest BCUT2D eigenvalue weighted by molar-refractivity contribution is 0.346. The lowest BCUT2D eigenvalue weighted by atomic mass is 10.0. The molecule has 1 heterocycles. The van der Waals surface area contributed by atoms with Gasteiger partial charge in [-0.25, -0.2) is 0 Å². The smallest absolute Gasteiger partial charge is 0.205 e. The average Bonchev–Trinajstić information content (AvgIpc) is 2.78. The molecule has 0 spiro atoms. The van der Waals surface area contributed by atoms with E-state index in [-0.39, 0.29) is 5.43 Å². The summed E-state index contributed by atoms with van der Waals surface area (Å²) in [6, 6.07) is 1.67. The summed E-state index contributed by atoms with van der Waals surface area (Å²) in [5, 5.41) is 0.431. The van der Waals surface area contributed by atoms with E-state index >= 15 is 0 Å². The molecule has 0 atom stereocenters. The highest BCUT2D eigenvalue weighted by Crippen LogP contribution is 2.41. The van der Waals surface area contributed by atoms with Gasteiger partial charge in [-0.05, 0) is 19.3 Å². The first-order valence-corrected chi connectivity index (χ1v) is 7.48. The van der Waals surface area contributed by atoms with Crippen LogP contribution in [0.1, 0.15) is 30.6 Å². The van der Waals surface area contributed by atoms with E-state index in [0.29, 0.717) is 28.2 Å². The van der Waals surface area contributed by atoms with E-state index in [0.717, 1.165) is 43.4 Å². The Morgan fingerprint density at radius 2 is 1.68 bits per heavy atom. The summed E-state index contributed by atoms with van der Waals surface area (Å²) < 4.78 is 22.2. The van der Waals surface area contributed by atoms with Crippen molar-refractivity contribution in [2.24, 2.45) is 0 Å². The largest absolute Gasteiger partial charge is 0.496 e. The summed E-state index contributed by atoms with van der Waals surface area (Å²) in [6.07, 6.45) is 4.69. The number of ether oxygens (including phenoxy) is 3. The number of benzene rings is 1. The van der Waals surface area contributed by atoms with E-state index in [1.54, 1.807) is 13.2 Å². The number of hydrogen-bond donors (Lipinski definition) is 0. The van der Waals surface area contributed by atoms with E-state index in [9.17, 15) is 4.79 Å². The molecule has 0 radical (unpaired) electrons. The zero-order valence-electron chi connectivity index (χ0n) is 13.2. The summed E-state index contributed by atoms with van der Waals surface area (Å²) in [4.78, 5) is 12.9. The van der Waals surface area contributed by atoms with E-state index < -0.39 is 0 Å². The number of aryl methyl sites for hydroxylation is 1. The van der Waals surface area contributed by atoms with Crippen molar-refractivity contribution in [1.29, 1.82) is 0 Å². The Hall–Kier alpha value is -2.17. The summed E-state index contributed by atoms with van der Waals surface area (Å²) in [5.74, 6) is 2.14. The minimum atomic E-state index is -0.0176. The van der Waals surface area contributed by atoms with Crippen molar-refractivity contribution in [3.05, 3.63) is 27.6 Å². The lowest BCUT2D eigenvalue weighted by Crippen LogP contribution is -2.13. The summed E-state index contributed by atoms with van der Waals surface area (Å²) in [5.41, 5.74) is 1.16. The third-order valence-electron chi connectivity index (χ3n) is 4.20. The minimum Gasteiger partial charge on any atom is -0.496 e. The second-order valence-electron chi connectivity index (χ2n) is 5.41. The third-order valence-corrected chi connectivity index (χ3v) is 4.20. The molecule has 1 aliphatic rings. The van der Waals surface area contributed by atoms with Crippen LogP contribution in [0.4, 0.5) is 0 Å². The zero-order chi connectivity index (χ0) is 15.7. The minimum absolute atomic E-state index is 0.0176. The van der Waals surface area contributed by atoms with Gasteiger partial charge in [0.1, 0.15) is 16.9 Å². The van der Waals surface area contributed by atoms with Crippen molar-refractivity contribution in [3.8, 4) is 17.2 Å².